The molecule has 1 unspecified atom stereocenters. The van der Waals surface area contributed by atoms with Crippen molar-refractivity contribution < 1.29 is 13.9 Å². The lowest BCUT2D eigenvalue weighted by molar-refractivity contribution is -0.116. The van der Waals surface area contributed by atoms with Crippen LogP contribution < -0.4 is 4.74 Å². The van der Waals surface area contributed by atoms with E-state index in [2.05, 4.69) is 0 Å². The molecular weight excluding hydrogens is 275 g/mol. The lowest BCUT2D eigenvalue weighted by Gasteiger charge is -2.13. The lowest BCUT2D eigenvalue weighted by Crippen LogP contribution is -2.21. The van der Waals surface area contributed by atoms with E-state index in [9.17, 15) is 9.18 Å². The lowest BCUT2D eigenvalue weighted by atomic mass is 10.2. The third kappa shape index (κ3) is 3.84. The molecule has 0 aliphatic carbocycles. The summed E-state index contributed by atoms with van der Waals surface area (Å²) in [6, 6.07) is 13.7. The molecule has 0 saturated carbocycles. The number of thioether (sulfide) groups is 1. The molecule has 2 nitrogen and oxygen atoms in total. The van der Waals surface area contributed by atoms with E-state index in [4.69, 9.17) is 4.74 Å². The van der Waals surface area contributed by atoms with Crippen molar-refractivity contribution in [1.82, 2.24) is 0 Å². The molecule has 20 heavy (non-hydrogen) atoms. The Morgan fingerprint density at radius 1 is 1.15 bits per heavy atom. The summed E-state index contributed by atoms with van der Waals surface area (Å²) < 4.78 is 18.8. The van der Waals surface area contributed by atoms with Gasteiger partial charge in [-0.1, -0.05) is 29.8 Å². The molecule has 0 bridgehead atoms. The summed E-state index contributed by atoms with van der Waals surface area (Å²) in [7, 11) is 0. The van der Waals surface area contributed by atoms with Crippen LogP contribution in [0.3, 0.4) is 0 Å². The number of hydrogen-bond donors (Lipinski definition) is 0. The molecule has 4 heteroatoms. The minimum atomic E-state index is -0.710. The van der Waals surface area contributed by atoms with Crippen LogP contribution in [-0.2, 0) is 4.79 Å². The first-order chi connectivity index (χ1) is 9.56. The summed E-state index contributed by atoms with van der Waals surface area (Å²) in [6.45, 7) is 3.61. The Morgan fingerprint density at radius 2 is 1.80 bits per heavy atom. The highest BCUT2D eigenvalue weighted by molar-refractivity contribution is 8.13. The predicted molar refractivity (Wildman–Crippen MR) is 78.5 cm³/mol. The molecule has 0 amide bonds. The fraction of sp³-hybridized carbons (Fsp3) is 0.188. The van der Waals surface area contributed by atoms with Crippen molar-refractivity contribution in [3.63, 3.8) is 0 Å². The van der Waals surface area contributed by atoms with Crippen LogP contribution in [0.4, 0.5) is 4.39 Å². The van der Waals surface area contributed by atoms with Gasteiger partial charge >= 0.3 is 0 Å². The van der Waals surface area contributed by atoms with Crippen molar-refractivity contribution in [3.05, 3.63) is 59.9 Å². The monoisotopic (exact) mass is 290 g/mol. The van der Waals surface area contributed by atoms with Crippen LogP contribution in [0.2, 0.25) is 0 Å². The number of hydrogen-bond acceptors (Lipinski definition) is 3. The summed E-state index contributed by atoms with van der Waals surface area (Å²) in [5.41, 5.74) is 1.14. The van der Waals surface area contributed by atoms with Gasteiger partial charge < -0.3 is 4.74 Å². The van der Waals surface area contributed by atoms with E-state index in [0.717, 1.165) is 22.2 Å². The predicted octanol–water partition coefficient (Wildman–Crippen LogP) is 4.22. The Morgan fingerprint density at radius 3 is 2.45 bits per heavy atom. The topological polar surface area (TPSA) is 26.3 Å². The standard InChI is InChI=1S/C16H15FO2S/c1-11-7-9-13(10-8-11)20-16(18)12(2)19-15-6-4-3-5-14(15)17/h3-10,12H,1-2H3. The van der Waals surface area contributed by atoms with Crippen LogP contribution in [0.5, 0.6) is 5.75 Å². The molecule has 2 rings (SSSR count). The van der Waals surface area contributed by atoms with Gasteiger partial charge in [0.1, 0.15) is 0 Å². The Balaban J connectivity index is 1.99. The average Bonchev–Trinajstić information content (AvgIpc) is 2.44. The first kappa shape index (κ1) is 14.6. The van der Waals surface area contributed by atoms with Gasteiger partial charge in [0.15, 0.2) is 17.7 Å². The fourth-order valence-corrected chi connectivity index (χ4v) is 2.30. The van der Waals surface area contributed by atoms with Gasteiger partial charge in [-0.2, -0.15) is 0 Å². The maximum absolute atomic E-state index is 13.4. The number of rotatable bonds is 4. The Bertz CT molecular complexity index is 596. The summed E-state index contributed by atoms with van der Waals surface area (Å²) in [5, 5.41) is -0.155. The molecule has 0 aliphatic rings. The van der Waals surface area contributed by atoms with E-state index in [1.165, 1.54) is 12.1 Å². The van der Waals surface area contributed by atoms with Gasteiger partial charge in [-0.3, -0.25) is 4.79 Å². The summed E-state index contributed by atoms with van der Waals surface area (Å²) in [6.07, 6.45) is -0.710. The smallest absolute Gasteiger partial charge is 0.233 e. The number of para-hydroxylation sites is 1. The van der Waals surface area contributed by atoms with Gasteiger partial charge in [0.2, 0.25) is 5.12 Å². The first-order valence-electron chi connectivity index (χ1n) is 6.26. The Labute approximate surface area is 122 Å². The Kier molecular flexibility index (Phi) is 4.79. The van der Waals surface area contributed by atoms with Crippen molar-refractivity contribution in [3.8, 4) is 5.75 Å². The molecule has 2 aromatic carbocycles. The van der Waals surface area contributed by atoms with Crippen LogP contribution in [0.1, 0.15) is 12.5 Å². The summed E-state index contributed by atoms with van der Waals surface area (Å²) >= 11 is 1.10. The van der Waals surface area contributed by atoms with Crippen LogP contribution in [0.25, 0.3) is 0 Å². The van der Waals surface area contributed by atoms with Crippen molar-refractivity contribution in [1.29, 1.82) is 0 Å². The molecule has 0 fully saturated rings. The van der Waals surface area contributed by atoms with E-state index < -0.39 is 11.9 Å². The molecule has 0 saturated heterocycles. The third-order valence-electron chi connectivity index (χ3n) is 2.71. The summed E-state index contributed by atoms with van der Waals surface area (Å²) in [4.78, 5) is 12.9. The maximum Gasteiger partial charge on any atom is 0.233 e. The molecule has 2 aromatic rings. The fourth-order valence-electron chi connectivity index (χ4n) is 1.58. The van der Waals surface area contributed by atoms with E-state index in [1.807, 2.05) is 31.2 Å². The van der Waals surface area contributed by atoms with Crippen LogP contribution >= 0.6 is 11.8 Å². The number of carbonyl (C=O) groups excluding carboxylic acids is 1. The van der Waals surface area contributed by atoms with Crippen LogP contribution in [-0.4, -0.2) is 11.2 Å². The zero-order valence-electron chi connectivity index (χ0n) is 11.3. The molecule has 0 aromatic heterocycles. The van der Waals surface area contributed by atoms with Crippen LogP contribution in [0, 0.1) is 12.7 Å². The zero-order chi connectivity index (χ0) is 14.5. The molecular formula is C16H15FO2S. The van der Waals surface area contributed by atoms with Crippen molar-refractivity contribution in [2.75, 3.05) is 0 Å². The van der Waals surface area contributed by atoms with Gasteiger partial charge in [-0.15, -0.1) is 0 Å². The molecule has 0 aliphatic heterocycles. The van der Waals surface area contributed by atoms with Gasteiger partial charge in [0.05, 0.1) is 0 Å². The quantitative estimate of drug-likeness (QED) is 0.789. The minimum Gasteiger partial charge on any atom is -0.479 e. The molecule has 0 spiro atoms. The Hall–Kier alpha value is -1.81. The normalized spacial score (nSPS) is 11.9. The van der Waals surface area contributed by atoms with Crippen molar-refractivity contribution in [2.45, 2.75) is 24.8 Å². The second-order valence-corrected chi connectivity index (χ2v) is 5.50. The first-order valence-corrected chi connectivity index (χ1v) is 7.07. The molecule has 1 atom stereocenters. The highest BCUT2D eigenvalue weighted by Gasteiger charge is 2.17. The van der Waals surface area contributed by atoms with Crippen molar-refractivity contribution >= 4 is 16.9 Å². The minimum absolute atomic E-state index is 0.0952. The van der Waals surface area contributed by atoms with Crippen molar-refractivity contribution in [2.24, 2.45) is 0 Å². The van der Waals surface area contributed by atoms with E-state index in [-0.39, 0.29) is 10.9 Å². The number of ether oxygens (including phenoxy) is 1. The van der Waals surface area contributed by atoms with Crippen LogP contribution in [0.15, 0.2) is 53.4 Å². The number of aryl methyl sites for hydroxylation is 1. The largest absolute Gasteiger partial charge is 0.479 e. The van der Waals surface area contributed by atoms with Gasteiger partial charge in [0, 0.05) is 4.90 Å². The highest BCUT2D eigenvalue weighted by atomic mass is 32.2. The molecule has 0 radical (unpaired) electrons. The zero-order valence-corrected chi connectivity index (χ0v) is 12.1. The second-order valence-electron chi connectivity index (χ2n) is 4.42. The van der Waals surface area contributed by atoms with Gasteiger partial charge in [-0.25, -0.2) is 4.39 Å². The van der Waals surface area contributed by atoms with E-state index in [0.29, 0.717) is 0 Å². The average molecular weight is 290 g/mol. The van der Waals surface area contributed by atoms with Gasteiger partial charge in [0.25, 0.3) is 0 Å². The molecule has 0 heterocycles. The molecule has 104 valence electrons. The number of carbonyl (C=O) groups is 1. The SMILES string of the molecule is Cc1ccc(SC(=O)C(C)Oc2ccccc2F)cc1. The maximum atomic E-state index is 13.4. The third-order valence-corrected chi connectivity index (χ3v) is 3.75. The second kappa shape index (κ2) is 6.57. The van der Waals surface area contributed by atoms with Gasteiger partial charge in [-0.05, 0) is 49.9 Å². The highest BCUT2D eigenvalue weighted by Crippen LogP contribution is 2.23. The number of halogens is 1. The number of benzene rings is 2. The molecule has 0 N–H and O–H groups in total. The van der Waals surface area contributed by atoms with E-state index in [1.54, 1.807) is 19.1 Å². The summed E-state index contributed by atoms with van der Waals surface area (Å²) in [5.74, 6) is -0.370. The van der Waals surface area contributed by atoms with E-state index >= 15 is 0 Å².